The lowest BCUT2D eigenvalue weighted by Crippen LogP contribution is -2.11. The molecule has 2 aromatic rings. The summed E-state index contributed by atoms with van der Waals surface area (Å²) in [5.41, 5.74) is 7.68. The van der Waals surface area contributed by atoms with Gasteiger partial charge in [0.2, 0.25) is 0 Å². The Balaban J connectivity index is 2.43. The van der Waals surface area contributed by atoms with Crippen LogP contribution in [-0.2, 0) is 4.74 Å². The van der Waals surface area contributed by atoms with Gasteiger partial charge in [-0.25, -0.2) is 9.18 Å². The van der Waals surface area contributed by atoms with Crippen molar-refractivity contribution in [2.45, 2.75) is 0 Å². The molecule has 0 atom stereocenters. The monoisotopic (exact) mass is 320 g/mol. The van der Waals surface area contributed by atoms with Gasteiger partial charge in [-0.2, -0.15) is 0 Å². The summed E-state index contributed by atoms with van der Waals surface area (Å²) in [7, 11) is 1.55. The van der Waals surface area contributed by atoms with E-state index in [9.17, 15) is 9.18 Å². The lowest BCUT2D eigenvalue weighted by atomic mass is 10.0. The third kappa shape index (κ3) is 4.33. The van der Waals surface area contributed by atoms with E-state index in [1.807, 2.05) is 0 Å². The van der Waals surface area contributed by atoms with E-state index in [-0.39, 0.29) is 23.8 Å². The molecule has 0 aliphatic rings. The average Bonchev–Trinajstić information content (AvgIpc) is 2.51. The zero-order valence-electron chi connectivity index (χ0n) is 12.5. The minimum atomic E-state index is -1.23. The Morgan fingerprint density at radius 2 is 1.96 bits per heavy atom. The third-order valence-electron chi connectivity index (χ3n) is 3.09. The number of hydrogen-bond acceptors (Lipinski definition) is 4. The minimum Gasteiger partial charge on any atom is -0.490 e. The standard InChI is InChI=1S/C16H17FN2O4/c1-22-6-7-23-15-9-14(19-16(20)21)13(18)8-12(15)10-2-4-11(17)5-3-10/h2-5,8-9,19H,6-7,18H2,1H3,(H,20,21). The first-order chi connectivity index (χ1) is 11.0. The topological polar surface area (TPSA) is 93.8 Å². The summed E-state index contributed by atoms with van der Waals surface area (Å²) in [5, 5.41) is 11.1. The van der Waals surface area contributed by atoms with Crippen molar-refractivity contribution in [3.05, 3.63) is 42.2 Å². The highest BCUT2D eigenvalue weighted by Gasteiger charge is 2.13. The Morgan fingerprint density at radius 1 is 1.26 bits per heavy atom. The smallest absolute Gasteiger partial charge is 0.409 e. The SMILES string of the molecule is COCCOc1cc(NC(=O)O)c(N)cc1-c1ccc(F)cc1. The molecule has 0 fully saturated rings. The number of halogens is 1. The maximum absolute atomic E-state index is 13.1. The highest BCUT2D eigenvalue weighted by atomic mass is 19.1. The van der Waals surface area contributed by atoms with Gasteiger partial charge in [-0.15, -0.1) is 0 Å². The molecular weight excluding hydrogens is 303 g/mol. The fourth-order valence-corrected chi connectivity index (χ4v) is 2.03. The van der Waals surface area contributed by atoms with E-state index in [1.54, 1.807) is 25.3 Å². The van der Waals surface area contributed by atoms with Crippen LogP contribution in [0.3, 0.4) is 0 Å². The van der Waals surface area contributed by atoms with E-state index < -0.39 is 6.09 Å². The van der Waals surface area contributed by atoms with Gasteiger partial charge >= 0.3 is 6.09 Å². The first-order valence-corrected chi connectivity index (χ1v) is 6.82. The van der Waals surface area contributed by atoms with Crippen molar-refractivity contribution < 1.29 is 23.8 Å². The van der Waals surface area contributed by atoms with Crippen LogP contribution in [0.1, 0.15) is 0 Å². The molecule has 1 amide bonds. The summed E-state index contributed by atoms with van der Waals surface area (Å²) >= 11 is 0. The summed E-state index contributed by atoms with van der Waals surface area (Å²) in [6.45, 7) is 0.649. The number of methoxy groups -OCH3 is 1. The van der Waals surface area contributed by atoms with E-state index in [1.165, 1.54) is 18.2 Å². The molecule has 6 nitrogen and oxygen atoms in total. The number of rotatable bonds is 6. The molecule has 0 aliphatic carbocycles. The Hall–Kier alpha value is -2.80. The van der Waals surface area contributed by atoms with Gasteiger partial charge in [0, 0.05) is 18.7 Å². The highest BCUT2D eigenvalue weighted by Crippen LogP contribution is 2.36. The van der Waals surface area contributed by atoms with Crippen molar-refractivity contribution in [1.82, 2.24) is 0 Å². The van der Waals surface area contributed by atoms with E-state index in [2.05, 4.69) is 5.32 Å². The van der Waals surface area contributed by atoms with Gasteiger partial charge in [-0.1, -0.05) is 12.1 Å². The minimum absolute atomic E-state index is 0.218. The first-order valence-electron chi connectivity index (χ1n) is 6.82. The predicted octanol–water partition coefficient (Wildman–Crippen LogP) is 3.19. The van der Waals surface area contributed by atoms with E-state index in [0.717, 1.165) is 0 Å². The number of amides is 1. The summed E-state index contributed by atoms with van der Waals surface area (Å²) in [5.74, 6) is 0.0688. The maximum Gasteiger partial charge on any atom is 0.409 e. The lowest BCUT2D eigenvalue weighted by molar-refractivity contribution is 0.146. The normalized spacial score (nSPS) is 10.3. The number of nitrogens with one attached hydrogen (secondary N) is 1. The van der Waals surface area contributed by atoms with Crippen LogP contribution in [0.4, 0.5) is 20.6 Å². The molecule has 0 radical (unpaired) electrons. The van der Waals surface area contributed by atoms with Crippen LogP contribution in [0.5, 0.6) is 5.75 Å². The van der Waals surface area contributed by atoms with Crippen LogP contribution in [0.15, 0.2) is 36.4 Å². The number of carboxylic acid groups (broad SMARTS) is 1. The van der Waals surface area contributed by atoms with E-state index in [0.29, 0.717) is 23.5 Å². The fraction of sp³-hybridized carbons (Fsp3) is 0.188. The molecule has 0 bridgehead atoms. The molecule has 122 valence electrons. The molecule has 0 aromatic heterocycles. The Labute approximate surface area is 132 Å². The van der Waals surface area contributed by atoms with Crippen LogP contribution < -0.4 is 15.8 Å². The van der Waals surface area contributed by atoms with Crippen molar-refractivity contribution in [2.75, 3.05) is 31.4 Å². The number of carbonyl (C=O) groups is 1. The summed E-state index contributed by atoms with van der Waals surface area (Å²) in [6.07, 6.45) is -1.23. The number of hydrogen-bond donors (Lipinski definition) is 3. The molecule has 23 heavy (non-hydrogen) atoms. The molecular formula is C16H17FN2O4. The number of benzene rings is 2. The summed E-state index contributed by atoms with van der Waals surface area (Å²) < 4.78 is 23.7. The molecule has 0 saturated carbocycles. The largest absolute Gasteiger partial charge is 0.490 e. The van der Waals surface area contributed by atoms with Gasteiger partial charge in [0.25, 0.3) is 0 Å². The molecule has 0 spiro atoms. The Morgan fingerprint density at radius 3 is 2.57 bits per heavy atom. The second kappa shape index (κ2) is 7.46. The molecule has 0 heterocycles. The van der Waals surface area contributed by atoms with Gasteiger partial charge in [0.05, 0.1) is 18.0 Å². The highest BCUT2D eigenvalue weighted by molar-refractivity contribution is 5.91. The zero-order chi connectivity index (χ0) is 16.8. The van der Waals surface area contributed by atoms with Gasteiger partial charge < -0.3 is 20.3 Å². The van der Waals surface area contributed by atoms with E-state index in [4.69, 9.17) is 20.3 Å². The van der Waals surface area contributed by atoms with Crippen LogP contribution in [-0.4, -0.2) is 31.5 Å². The Bertz CT molecular complexity index is 689. The second-order valence-electron chi connectivity index (χ2n) is 4.71. The molecule has 4 N–H and O–H groups in total. The van der Waals surface area contributed by atoms with Crippen molar-refractivity contribution in [3.63, 3.8) is 0 Å². The third-order valence-corrected chi connectivity index (χ3v) is 3.09. The predicted molar refractivity (Wildman–Crippen MR) is 85.3 cm³/mol. The number of nitrogens with two attached hydrogens (primary N) is 1. The zero-order valence-corrected chi connectivity index (χ0v) is 12.5. The molecule has 2 aromatic carbocycles. The van der Waals surface area contributed by atoms with Crippen LogP contribution in [0, 0.1) is 5.82 Å². The van der Waals surface area contributed by atoms with Crippen molar-refractivity contribution in [2.24, 2.45) is 0 Å². The van der Waals surface area contributed by atoms with Gasteiger partial charge in [0.15, 0.2) is 0 Å². The molecule has 7 heteroatoms. The number of nitrogen functional groups attached to an aromatic ring is 1. The molecule has 2 rings (SSSR count). The van der Waals surface area contributed by atoms with Gasteiger partial charge in [-0.3, -0.25) is 5.32 Å². The van der Waals surface area contributed by atoms with Gasteiger partial charge in [-0.05, 0) is 23.8 Å². The summed E-state index contributed by atoms with van der Waals surface area (Å²) in [6, 6.07) is 8.93. The quantitative estimate of drug-likeness (QED) is 0.561. The first kappa shape index (κ1) is 16.6. The lowest BCUT2D eigenvalue weighted by Gasteiger charge is -2.15. The average molecular weight is 320 g/mol. The maximum atomic E-state index is 13.1. The van der Waals surface area contributed by atoms with Crippen LogP contribution >= 0.6 is 0 Å². The van der Waals surface area contributed by atoms with Crippen molar-refractivity contribution >= 4 is 17.5 Å². The number of anilines is 2. The van der Waals surface area contributed by atoms with Crippen LogP contribution in [0.25, 0.3) is 11.1 Å². The Kier molecular flexibility index (Phi) is 5.37. The van der Waals surface area contributed by atoms with Crippen molar-refractivity contribution in [3.8, 4) is 16.9 Å². The molecule has 0 unspecified atom stereocenters. The summed E-state index contributed by atoms with van der Waals surface area (Å²) in [4.78, 5) is 10.8. The van der Waals surface area contributed by atoms with Crippen molar-refractivity contribution in [1.29, 1.82) is 0 Å². The fourth-order valence-electron chi connectivity index (χ4n) is 2.03. The van der Waals surface area contributed by atoms with E-state index >= 15 is 0 Å². The van der Waals surface area contributed by atoms with Gasteiger partial charge in [0.1, 0.15) is 18.2 Å². The molecule has 0 aliphatic heterocycles. The number of ether oxygens (including phenoxy) is 2. The van der Waals surface area contributed by atoms with Crippen LogP contribution in [0.2, 0.25) is 0 Å². The molecule has 0 saturated heterocycles. The second-order valence-corrected chi connectivity index (χ2v) is 4.71.